The van der Waals surface area contributed by atoms with Crippen molar-refractivity contribution in [3.63, 3.8) is 0 Å². The minimum Gasteiger partial charge on any atom is -0.456 e. The molecular formula is C51H33N4OS-. The molecule has 11 aromatic rings. The van der Waals surface area contributed by atoms with Gasteiger partial charge in [-0.05, 0) is 70.3 Å². The highest BCUT2D eigenvalue weighted by atomic mass is 32.1. The van der Waals surface area contributed by atoms with Gasteiger partial charge in [0.25, 0.3) is 0 Å². The van der Waals surface area contributed by atoms with Crippen molar-refractivity contribution in [2.24, 2.45) is 4.99 Å². The van der Waals surface area contributed by atoms with Crippen molar-refractivity contribution < 1.29 is 4.42 Å². The van der Waals surface area contributed by atoms with Crippen LogP contribution in [0.25, 0.3) is 86.0 Å². The van der Waals surface area contributed by atoms with Crippen LogP contribution in [0.4, 0.5) is 0 Å². The molecule has 0 amide bonds. The zero-order valence-electron chi connectivity index (χ0n) is 30.6. The lowest BCUT2D eigenvalue weighted by molar-refractivity contribution is 0.491. The number of fused-ring (bicyclic) bond motifs is 9. The van der Waals surface area contributed by atoms with Gasteiger partial charge in [0.15, 0.2) is 0 Å². The molecule has 4 heterocycles. The van der Waals surface area contributed by atoms with Crippen LogP contribution in [0.15, 0.2) is 191 Å². The number of para-hydroxylation sites is 2. The number of nitrogens with zero attached hydrogens (tertiary/aromatic N) is 3. The van der Waals surface area contributed by atoms with Gasteiger partial charge in [-0.25, -0.2) is 0 Å². The zero-order valence-corrected chi connectivity index (χ0v) is 31.4. The SMILES string of the molecule is c1ccc(C2=NC(c3cccc4oc5cc(-c6cccc7c6sc6cccc(-n8c9ccccc9c9ccccc98)c67)ccc5c34)NC(c3ccccc3)[N-]2)cc1. The summed E-state index contributed by atoms with van der Waals surface area (Å²) >= 11 is 1.86. The van der Waals surface area contributed by atoms with Crippen molar-refractivity contribution >= 4 is 81.1 Å². The predicted molar refractivity (Wildman–Crippen MR) is 238 cm³/mol. The number of benzene rings is 8. The average molecular weight is 750 g/mol. The van der Waals surface area contributed by atoms with Gasteiger partial charge in [-0.2, -0.15) is 0 Å². The second kappa shape index (κ2) is 12.8. The lowest BCUT2D eigenvalue weighted by atomic mass is 9.99. The number of thiophene rings is 1. The number of furan rings is 1. The van der Waals surface area contributed by atoms with E-state index in [0.717, 1.165) is 50.0 Å². The first-order valence-electron chi connectivity index (χ1n) is 19.3. The van der Waals surface area contributed by atoms with E-state index in [9.17, 15) is 0 Å². The molecule has 0 fully saturated rings. The summed E-state index contributed by atoms with van der Waals surface area (Å²) in [5, 5.41) is 16.0. The Kier molecular flexibility index (Phi) is 7.24. The summed E-state index contributed by atoms with van der Waals surface area (Å²) in [5.41, 5.74) is 10.8. The van der Waals surface area contributed by atoms with E-state index in [2.05, 4.69) is 168 Å². The Balaban J connectivity index is 0.996. The third kappa shape index (κ3) is 5.08. The van der Waals surface area contributed by atoms with Crippen LogP contribution in [0.1, 0.15) is 29.0 Å². The van der Waals surface area contributed by atoms with E-state index < -0.39 is 0 Å². The quantitative estimate of drug-likeness (QED) is 0.190. The average Bonchev–Trinajstić information content (AvgIpc) is 3.96. The molecule has 0 radical (unpaired) electrons. The molecule has 12 rings (SSSR count). The van der Waals surface area contributed by atoms with Crippen LogP contribution in [-0.4, -0.2) is 10.4 Å². The first-order chi connectivity index (χ1) is 28.3. The van der Waals surface area contributed by atoms with Crippen LogP contribution < -0.4 is 5.32 Å². The van der Waals surface area contributed by atoms with Crippen molar-refractivity contribution in [3.8, 4) is 16.8 Å². The number of rotatable bonds is 5. The van der Waals surface area contributed by atoms with Gasteiger partial charge in [-0.15, -0.1) is 11.3 Å². The molecule has 270 valence electrons. The zero-order chi connectivity index (χ0) is 37.5. The summed E-state index contributed by atoms with van der Waals surface area (Å²) < 4.78 is 11.7. The molecule has 2 unspecified atom stereocenters. The van der Waals surface area contributed by atoms with Gasteiger partial charge in [0.2, 0.25) is 0 Å². The lowest BCUT2D eigenvalue weighted by Crippen LogP contribution is -2.31. The molecule has 1 aliphatic heterocycles. The molecule has 0 saturated carbocycles. The van der Waals surface area contributed by atoms with Crippen molar-refractivity contribution in [1.82, 2.24) is 9.88 Å². The third-order valence-electron chi connectivity index (χ3n) is 11.4. The van der Waals surface area contributed by atoms with Crippen LogP contribution in [0, 0.1) is 0 Å². The fraction of sp³-hybridized carbons (Fsp3) is 0.0392. The van der Waals surface area contributed by atoms with Gasteiger partial charge >= 0.3 is 0 Å². The highest BCUT2D eigenvalue weighted by Gasteiger charge is 2.23. The van der Waals surface area contributed by atoms with Crippen LogP contribution in [0.2, 0.25) is 0 Å². The minimum atomic E-state index is -0.330. The fourth-order valence-electron chi connectivity index (χ4n) is 8.88. The maximum absolute atomic E-state index is 6.69. The highest BCUT2D eigenvalue weighted by Crippen LogP contribution is 2.45. The van der Waals surface area contributed by atoms with Gasteiger partial charge in [0.1, 0.15) is 11.2 Å². The van der Waals surface area contributed by atoms with E-state index in [0.29, 0.717) is 0 Å². The number of amidine groups is 1. The Morgan fingerprint density at radius 3 is 2.07 bits per heavy atom. The van der Waals surface area contributed by atoms with Crippen molar-refractivity contribution in [3.05, 3.63) is 204 Å². The maximum Gasteiger partial charge on any atom is 0.136 e. The monoisotopic (exact) mass is 749 g/mol. The van der Waals surface area contributed by atoms with Gasteiger partial charge in [-0.1, -0.05) is 145 Å². The van der Waals surface area contributed by atoms with Crippen LogP contribution in [-0.2, 0) is 0 Å². The molecule has 6 heteroatoms. The molecule has 3 aromatic heterocycles. The first kappa shape index (κ1) is 32.3. The molecule has 0 bridgehead atoms. The maximum atomic E-state index is 6.69. The van der Waals surface area contributed by atoms with E-state index >= 15 is 0 Å². The highest BCUT2D eigenvalue weighted by molar-refractivity contribution is 7.26. The van der Waals surface area contributed by atoms with Crippen molar-refractivity contribution in [2.75, 3.05) is 0 Å². The Bertz CT molecular complexity index is 3320. The second-order valence-corrected chi connectivity index (χ2v) is 15.7. The van der Waals surface area contributed by atoms with Gasteiger partial charge in [-0.3, -0.25) is 0 Å². The van der Waals surface area contributed by atoms with Crippen LogP contribution in [0.3, 0.4) is 0 Å². The van der Waals surface area contributed by atoms with Crippen molar-refractivity contribution in [2.45, 2.75) is 12.3 Å². The molecule has 1 aliphatic rings. The summed E-state index contributed by atoms with van der Waals surface area (Å²) in [6, 6.07) is 64.5. The molecule has 0 aliphatic carbocycles. The Labute approximate surface area is 332 Å². The molecule has 1 N–H and O–H groups in total. The summed E-state index contributed by atoms with van der Waals surface area (Å²) in [4.78, 5) is 5.21. The number of nitrogens with one attached hydrogen (secondary N) is 1. The van der Waals surface area contributed by atoms with Gasteiger partial charge in [0.05, 0.1) is 16.7 Å². The van der Waals surface area contributed by atoms with Gasteiger partial charge in [0, 0.05) is 54.0 Å². The normalized spacial score (nSPS) is 15.9. The van der Waals surface area contributed by atoms with Gasteiger partial charge < -0.3 is 24.6 Å². The number of aromatic nitrogens is 1. The number of hydrogen-bond acceptors (Lipinski definition) is 4. The summed E-state index contributed by atoms with van der Waals surface area (Å²) in [5.74, 6) is 0.734. The minimum absolute atomic E-state index is 0.249. The topological polar surface area (TPSA) is 56.6 Å². The van der Waals surface area contributed by atoms with E-state index in [1.54, 1.807) is 0 Å². The Morgan fingerprint density at radius 2 is 1.26 bits per heavy atom. The van der Waals surface area contributed by atoms with E-state index in [1.807, 2.05) is 35.6 Å². The molecule has 8 aromatic carbocycles. The molecule has 2 atom stereocenters. The smallest absolute Gasteiger partial charge is 0.136 e. The Hall–Kier alpha value is -6.99. The van der Waals surface area contributed by atoms with E-state index in [-0.39, 0.29) is 12.3 Å². The van der Waals surface area contributed by atoms with E-state index in [1.165, 1.54) is 53.2 Å². The molecule has 5 nitrogen and oxygen atoms in total. The molecule has 0 saturated heterocycles. The molecular weight excluding hydrogens is 717 g/mol. The van der Waals surface area contributed by atoms with Crippen LogP contribution >= 0.6 is 11.3 Å². The summed E-state index contributed by atoms with van der Waals surface area (Å²) in [6.07, 6.45) is -0.579. The molecule has 0 spiro atoms. The predicted octanol–water partition coefficient (Wildman–Crippen LogP) is 13.8. The number of hydrogen-bond donors (Lipinski definition) is 1. The Morgan fingerprint density at radius 1 is 0.561 bits per heavy atom. The lowest BCUT2D eigenvalue weighted by Gasteiger charge is -2.40. The largest absolute Gasteiger partial charge is 0.456 e. The summed E-state index contributed by atoms with van der Waals surface area (Å²) in [7, 11) is 0. The summed E-state index contributed by atoms with van der Waals surface area (Å²) in [6.45, 7) is 0. The first-order valence-corrected chi connectivity index (χ1v) is 20.1. The third-order valence-corrected chi connectivity index (χ3v) is 12.6. The van der Waals surface area contributed by atoms with E-state index in [4.69, 9.17) is 14.7 Å². The fourth-order valence-corrected chi connectivity index (χ4v) is 10.1. The molecule has 57 heavy (non-hydrogen) atoms. The second-order valence-electron chi connectivity index (χ2n) is 14.7. The standard InChI is InChI=1S/C51H33N4OS/c1-3-14-31(15-4-1)49-52-50(32-16-5-2-6-17-32)54-51(53-49)39-22-12-26-43-46(39)37-29-28-33(30-44(37)56-43)34-20-11-21-38-47-42(25-13-27-45(47)57-48(34)38)55-40-23-9-7-18-35(40)36-19-8-10-24-41(36)55/h1-30,49,51,53H/q-1. The number of aliphatic imine (C=N–C) groups is 1. The van der Waals surface area contributed by atoms with Crippen molar-refractivity contribution in [1.29, 1.82) is 0 Å². The van der Waals surface area contributed by atoms with Crippen LogP contribution in [0.5, 0.6) is 0 Å².